The second-order valence-corrected chi connectivity index (χ2v) is 6.11. The molecule has 2 heterocycles. The van der Waals surface area contributed by atoms with Crippen LogP contribution in [-0.4, -0.2) is 31.2 Å². The first kappa shape index (κ1) is 20.4. The molecule has 0 aliphatic rings. The molecule has 0 atom stereocenters. The topological polar surface area (TPSA) is 91.9 Å². The number of amides is 1. The monoisotopic (exact) mass is 398 g/mol. The van der Waals surface area contributed by atoms with Gasteiger partial charge in [-0.05, 0) is 29.8 Å². The van der Waals surface area contributed by atoms with E-state index in [1.807, 2.05) is 30.3 Å². The SMILES string of the molecule is COC(Cn1c(-c2ccco2)ccc(NC(=O)OCc2ccccc2)c1=O)OC. The van der Waals surface area contributed by atoms with Gasteiger partial charge in [0.05, 0.1) is 18.5 Å². The van der Waals surface area contributed by atoms with Crippen molar-refractivity contribution in [1.82, 2.24) is 4.57 Å². The third-order valence-corrected chi connectivity index (χ3v) is 4.25. The fourth-order valence-corrected chi connectivity index (χ4v) is 2.76. The molecule has 1 amide bonds. The van der Waals surface area contributed by atoms with E-state index in [0.717, 1.165) is 5.56 Å². The van der Waals surface area contributed by atoms with Gasteiger partial charge in [0.15, 0.2) is 6.29 Å². The largest absolute Gasteiger partial charge is 0.463 e. The summed E-state index contributed by atoms with van der Waals surface area (Å²) in [7, 11) is 2.96. The number of rotatable bonds is 8. The number of ether oxygens (including phenoxy) is 3. The van der Waals surface area contributed by atoms with Crippen LogP contribution < -0.4 is 10.9 Å². The number of nitrogens with one attached hydrogen (secondary N) is 1. The van der Waals surface area contributed by atoms with Crippen LogP contribution in [0.15, 0.2) is 70.1 Å². The summed E-state index contributed by atoms with van der Waals surface area (Å²) < 4.78 is 22.5. The highest BCUT2D eigenvalue weighted by Crippen LogP contribution is 2.20. The van der Waals surface area contributed by atoms with Gasteiger partial charge >= 0.3 is 6.09 Å². The standard InChI is InChI=1S/C21H22N2O6/c1-26-19(27-2)13-23-17(18-9-6-12-28-18)11-10-16(20(23)24)22-21(25)29-14-15-7-4-3-5-8-15/h3-12,19H,13-14H2,1-2H3,(H,22,25). The van der Waals surface area contributed by atoms with Gasteiger partial charge in [0, 0.05) is 14.2 Å². The quantitative estimate of drug-likeness (QED) is 0.584. The molecule has 0 aliphatic heterocycles. The van der Waals surface area contributed by atoms with E-state index in [1.54, 1.807) is 18.2 Å². The van der Waals surface area contributed by atoms with Crippen LogP contribution in [0.3, 0.4) is 0 Å². The van der Waals surface area contributed by atoms with Crippen LogP contribution in [-0.2, 0) is 27.4 Å². The number of hydrogen-bond donors (Lipinski definition) is 1. The van der Waals surface area contributed by atoms with E-state index in [-0.39, 0.29) is 18.8 Å². The van der Waals surface area contributed by atoms with Crippen LogP contribution in [0.1, 0.15) is 5.56 Å². The second kappa shape index (κ2) is 9.72. The predicted octanol–water partition coefficient (Wildman–Crippen LogP) is 3.48. The van der Waals surface area contributed by atoms with Crippen molar-refractivity contribution in [3.8, 4) is 11.5 Å². The molecule has 0 bridgehead atoms. The van der Waals surface area contributed by atoms with Gasteiger partial charge in [-0.1, -0.05) is 30.3 Å². The van der Waals surface area contributed by atoms with Crippen LogP contribution >= 0.6 is 0 Å². The first-order valence-electron chi connectivity index (χ1n) is 8.93. The Hall–Kier alpha value is -3.36. The van der Waals surface area contributed by atoms with Crippen LogP contribution in [0.2, 0.25) is 0 Å². The van der Waals surface area contributed by atoms with E-state index in [4.69, 9.17) is 18.6 Å². The maximum atomic E-state index is 13.0. The highest BCUT2D eigenvalue weighted by atomic mass is 16.7. The maximum Gasteiger partial charge on any atom is 0.412 e. The lowest BCUT2D eigenvalue weighted by molar-refractivity contribution is -0.111. The minimum Gasteiger partial charge on any atom is -0.463 e. The van der Waals surface area contributed by atoms with Crippen molar-refractivity contribution >= 4 is 11.8 Å². The Balaban J connectivity index is 1.82. The van der Waals surface area contributed by atoms with E-state index >= 15 is 0 Å². The summed E-state index contributed by atoms with van der Waals surface area (Å²) in [6, 6.07) is 15.9. The number of anilines is 1. The zero-order valence-corrected chi connectivity index (χ0v) is 16.2. The van der Waals surface area contributed by atoms with Gasteiger partial charge in [-0.3, -0.25) is 14.7 Å². The summed E-state index contributed by atoms with van der Waals surface area (Å²) in [6.45, 7) is 0.206. The fraction of sp³-hybridized carbons (Fsp3) is 0.238. The highest BCUT2D eigenvalue weighted by Gasteiger charge is 2.18. The summed E-state index contributed by atoms with van der Waals surface area (Å²) in [5.41, 5.74) is 1.01. The second-order valence-electron chi connectivity index (χ2n) is 6.11. The summed E-state index contributed by atoms with van der Waals surface area (Å²) in [6.07, 6.45) is 0.140. The molecule has 0 unspecified atom stereocenters. The number of benzene rings is 1. The van der Waals surface area contributed by atoms with Crippen LogP contribution in [0.25, 0.3) is 11.5 Å². The van der Waals surface area contributed by atoms with Crippen molar-refractivity contribution in [3.63, 3.8) is 0 Å². The number of methoxy groups -OCH3 is 2. The normalized spacial score (nSPS) is 10.9. The van der Waals surface area contributed by atoms with Crippen LogP contribution in [0.5, 0.6) is 0 Å². The minimum atomic E-state index is -0.724. The lowest BCUT2D eigenvalue weighted by Gasteiger charge is -2.18. The molecule has 0 saturated heterocycles. The number of pyridine rings is 1. The molecule has 0 spiro atoms. The van der Waals surface area contributed by atoms with Crippen LogP contribution in [0.4, 0.5) is 10.5 Å². The van der Waals surface area contributed by atoms with E-state index in [9.17, 15) is 9.59 Å². The first-order valence-corrected chi connectivity index (χ1v) is 8.93. The van der Waals surface area contributed by atoms with E-state index in [2.05, 4.69) is 5.32 Å². The van der Waals surface area contributed by atoms with Crippen molar-refractivity contribution < 1.29 is 23.4 Å². The van der Waals surface area contributed by atoms with Gasteiger partial charge in [-0.2, -0.15) is 0 Å². The van der Waals surface area contributed by atoms with Crippen molar-refractivity contribution in [2.24, 2.45) is 0 Å². The van der Waals surface area contributed by atoms with E-state index < -0.39 is 17.9 Å². The Morgan fingerprint density at radius 3 is 2.48 bits per heavy atom. The van der Waals surface area contributed by atoms with Gasteiger partial charge in [-0.15, -0.1) is 0 Å². The maximum absolute atomic E-state index is 13.0. The first-order chi connectivity index (χ1) is 14.1. The van der Waals surface area contributed by atoms with Crippen molar-refractivity contribution in [1.29, 1.82) is 0 Å². The molecule has 1 aromatic carbocycles. The Morgan fingerprint density at radius 1 is 1.07 bits per heavy atom. The molecule has 0 fully saturated rings. The van der Waals surface area contributed by atoms with E-state index in [0.29, 0.717) is 11.5 Å². The van der Waals surface area contributed by atoms with Crippen molar-refractivity contribution in [2.45, 2.75) is 19.4 Å². The molecular formula is C21H22N2O6. The Kier molecular flexibility index (Phi) is 6.83. The molecule has 152 valence electrons. The number of hydrogen-bond acceptors (Lipinski definition) is 6. The zero-order chi connectivity index (χ0) is 20.6. The Labute approximate surface area is 167 Å². The lowest BCUT2D eigenvalue weighted by atomic mass is 10.2. The number of carbonyl (C=O) groups is 1. The molecule has 2 aromatic heterocycles. The average molecular weight is 398 g/mol. The van der Waals surface area contributed by atoms with E-state index in [1.165, 1.54) is 31.1 Å². The third kappa shape index (κ3) is 5.13. The number of furan rings is 1. The third-order valence-electron chi connectivity index (χ3n) is 4.25. The van der Waals surface area contributed by atoms with Gasteiger partial charge in [-0.25, -0.2) is 4.79 Å². The van der Waals surface area contributed by atoms with Crippen molar-refractivity contribution in [3.05, 3.63) is 76.8 Å². The van der Waals surface area contributed by atoms with Gasteiger partial charge in [0.1, 0.15) is 18.1 Å². The number of aromatic nitrogens is 1. The highest BCUT2D eigenvalue weighted by molar-refractivity contribution is 5.84. The number of carbonyl (C=O) groups excluding carboxylic acids is 1. The smallest absolute Gasteiger partial charge is 0.412 e. The number of nitrogens with zero attached hydrogens (tertiary/aromatic N) is 1. The lowest BCUT2D eigenvalue weighted by Crippen LogP contribution is -2.32. The Morgan fingerprint density at radius 2 is 1.83 bits per heavy atom. The average Bonchev–Trinajstić information content (AvgIpc) is 3.28. The Bertz CT molecular complexity index is 978. The van der Waals surface area contributed by atoms with Crippen LogP contribution in [0, 0.1) is 0 Å². The van der Waals surface area contributed by atoms with Gasteiger partial charge in [0.25, 0.3) is 5.56 Å². The molecule has 0 aliphatic carbocycles. The van der Waals surface area contributed by atoms with Gasteiger partial charge < -0.3 is 18.6 Å². The predicted molar refractivity (Wildman–Crippen MR) is 106 cm³/mol. The molecule has 3 aromatic rings. The van der Waals surface area contributed by atoms with Crippen molar-refractivity contribution in [2.75, 3.05) is 19.5 Å². The fourth-order valence-electron chi connectivity index (χ4n) is 2.76. The molecule has 0 saturated carbocycles. The molecular weight excluding hydrogens is 376 g/mol. The molecule has 3 rings (SSSR count). The summed E-state index contributed by atoms with van der Waals surface area (Å²) in [5.74, 6) is 0.506. The summed E-state index contributed by atoms with van der Waals surface area (Å²) in [5, 5.41) is 2.50. The minimum absolute atomic E-state index is 0.0734. The summed E-state index contributed by atoms with van der Waals surface area (Å²) in [4.78, 5) is 25.2. The summed E-state index contributed by atoms with van der Waals surface area (Å²) >= 11 is 0. The molecule has 8 nitrogen and oxygen atoms in total. The zero-order valence-electron chi connectivity index (χ0n) is 16.2. The molecule has 8 heteroatoms. The molecule has 29 heavy (non-hydrogen) atoms. The molecule has 0 radical (unpaired) electrons. The molecule has 1 N–H and O–H groups in total. The van der Waals surface area contributed by atoms with Gasteiger partial charge in [0.2, 0.25) is 0 Å².